The summed E-state index contributed by atoms with van der Waals surface area (Å²) in [5, 5.41) is 5.30. The third-order valence-corrected chi connectivity index (χ3v) is 4.87. The smallest absolute Gasteiger partial charge is 0.271 e. The summed E-state index contributed by atoms with van der Waals surface area (Å²) >= 11 is 1.40. The van der Waals surface area contributed by atoms with Crippen LogP contribution in [0.15, 0.2) is 52.8 Å². The first-order chi connectivity index (χ1) is 13.5. The molecule has 0 aliphatic rings. The molecule has 3 N–H and O–H groups in total. The molecule has 28 heavy (non-hydrogen) atoms. The van der Waals surface area contributed by atoms with Crippen LogP contribution in [0.2, 0.25) is 0 Å². The predicted molar refractivity (Wildman–Crippen MR) is 110 cm³/mol. The van der Waals surface area contributed by atoms with Gasteiger partial charge in [-0.3, -0.25) is 9.59 Å². The van der Waals surface area contributed by atoms with E-state index in [0.29, 0.717) is 11.7 Å². The summed E-state index contributed by atoms with van der Waals surface area (Å²) in [6.07, 6.45) is 3.00. The van der Waals surface area contributed by atoms with E-state index in [4.69, 9.17) is 10.5 Å². The third-order valence-electron chi connectivity index (χ3n) is 4.15. The summed E-state index contributed by atoms with van der Waals surface area (Å²) in [6, 6.07) is 10.9. The van der Waals surface area contributed by atoms with Crippen molar-refractivity contribution in [2.24, 2.45) is 7.05 Å². The minimum absolute atomic E-state index is 0.0543. The normalized spacial score (nSPS) is 10.6. The minimum Gasteiger partial charge on any atom is -0.483 e. The number of benzene rings is 1. The second kappa shape index (κ2) is 9.18. The zero-order chi connectivity index (χ0) is 19.9. The molecule has 0 atom stereocenters. The molecule has 1 amide bonds. The van der Waals surface area contributed by atoms with Gasteiger partial charge in [-0.25, -0.2) is 4.98 Å². The van der Waals surface area contributed by atoms with Crippen LogP contribution in [0.3, 0.4) is 0 Å². The highest BCUT2D eigenvalue weighted by molar-refractivity contribution is 7.13. The first-order valence-electron chi connectivity index (χ1n) is 8.89. The van der Waals surface area contributed by atoms with Crippen molar-refractivity contribution in [1.29, 1.82) is 0 Å². The van der Waals surface area contributed by atoms with Gasteiger partial charge in [-0.1, -0.05) is 30.3 Å². The van der Waals surface area contributed by atoms with E-state index in [0.717, 1.165) is 24.1 Å². The number of nitrogen functional groups attached to an aromatic ring is 1. The topological polar surface area (TPSA) is 99.2 Å². The number of carbonyl (C=O) groups excluding carboxylic acids is 1. The van der Waals surface area contributed by atoms with Gasteiger partial charge in [-0.2, -0.15) is 0 Å². The molecule has 146 valence electrons. The Morgan fingerprint density at radius 2 is 2.07 bits per heavy atom. The number of aryl methyl sites for hydroxylation is 2. The summed E-state index contributed by atoms with van der Waals surface area (Å²) in [6.45, 7) is 0.670. The van der Waals surface area contributed by atoms with E-state index in [1.165, 1.54) is 17.4 Å². The van der Waals surface area contributed by atoms with Crippen molar-refractivity contribution in [3.05, 3.63) is 75.1 Å². The number of carbonyl (C=O) groups is 1. The van der Waals surface area contributed by atoms with Crippen LogP contribution in [-0.4, -0.2) is 22.0 Å². The fourth-order valence-electron chi connectivity index (χ4n) is 2.73. The molecule has 2 aromatic heterocycles. The van der Waals surface area contributed by atoms with Crippen LogP contribution in [0, 0.1) is 0 Å². The molecule has 0 aliphatic heterocycles. The Bertz CT molecular complexity index is 998. The monoisotopic (exact) mass is 398 g/mol. The van der Waals surface area contributed by atoms with Gasteiger partial charge in [-0.05, 0) is 18.4 Å². The Morgan fingerprint density at radius 3 is 2.79 bits per heavy atom. The predicted octanol–water partition coefficient (Wildman–Crippen LogP) is 2.37. The van der Waals surface area contributed by atoms with Crippen LogP contribution in [0.25, 0.3) is 0 Å². The summed E-state index contributed by atoms with van der Waals surface area (Å²) in [7, 11) is 1.71. The number of aromatic nitrogens is 2. The highest BCUT2D eigenvalue weighted by Crippen LogP contribution is 2.15. The van der Waals surface area contributed by atoms with Gasteiger partial charge in [0.05, 0.1) is 5.69 Å². The Morgan fingerprint density at radius 1 is 1.29 bits per heavy atom. The average molecular weight is 398 g/mol. The molecule has 0 aliphatic carbocycles. The maximum atomic E-state index is 12.7. The van der Waals surface area contributed by atoms with Gasteiger partial charge in [0.2, 0.25) is 5.43 Å². The second-order valence-corrected chi connectivity index (χ2v) is 7.17. The molecule has 0 radical (unpaired) electrons. The van der Waals surface area contributed by atoms with Crippen molar-refractivity contribution in [2.75, 3.05) is 12.3 Å². The van der Waals surface area contributed by atoms with Crippen LogP contribution in [0.1, 0.15) is 28.2 Å². The summed E-state index contributed by atoms with van der Waals surface area (Å²) in [5.41, 5.74) is 7.34. The number of amides is 1. The van der Waals surface area contributed by atoms with E-state index in [1.54, 1.807) is 17.8 Å². The number of nitrogens with zero attached hydrogens (tertiary/aromatic N) is 2. The Kier molecular flexibility index (Phi) is 6.44. The largest absolute Gasteiger partial charge is 0.483 e. The molecule has 1 aromatic carbocycles. The molecule has 0 fully saturated rings. The quantitative estimate of drug-likeness (QED) is 0.568. The fourth-order valence-corrected chi connectivity index (χ4v) is 3.33. The lowest BCUT2D eigenvalue weighted by Crippen LogP contribution is -2.30. The van der Waals surface area contributed by atoms with E-state index in [9.17, 15) is 9.59 Å². The number of nitrogens with two attached hydrogens (primary N) is 1. The Labute approximate surface area is 166 Å². The lowest BCUT2D eigenvalue weighted by Gasteiger charge is -2.14. The highest BCUT2D eigenvalue weighted by atomic mass is 32.1. The Hall–Kier alpha value is -3.13. The molecular weight excluding hydrogens is 376 g/mol. The SMILES string of the molecule is Cn1ccc(=O)c(OCc2ccccc2)c1C(=O)NCCCc1csc(N)n1. The van der Waals surface area contributed by atoms with E-state index in [2.05, 4.69) is 10.3 Å². The number of ether oxygens (including phenoxy) is 1. The average Bonchev–Trinajstić information content (AvgIpc) is 3.11. The van der Waals surface area contributed by atoms with Crippen LogP contribution < -0.4 is 21.2 Å². The van der Waals surface area contributed by atoms with E-state index in [-0.39, 0.29) is 29.4 Å². The summed E-state index contributed by atoms with van der Waals surface area (Å²) in [4.78, 5) is 29.2. The number of thiazole rings is 1. The van der Waals surface area contributed by atoms with Crippen LogP contribution >= 0.6 is 11.3 Å². The van der Waals surface area contributed by atoms with Gasteiger partial charge in [0.25, 0.3) is 5.91 Å². The molecule has 0 saturated heterocycles. The van der Waals surface area contributed by atoms with Crippen molar-refractivity contribution >= 4 is 22.4 Å². The third kappa shape index (κ3) is 4.98. The van der Waals surface area contributed by atoms with E-state index >= 15 is 0 Å². The summed E-state index contributed by atoms with van der Waals surface area (Å²) in [5.74, 6) is -0.292. The van der Waals surface area contributed by atoms with Gasteiger partial charge in [0, 0.05) is 31.2 Å². The number of rotatable bonds is 8. The van der Waals surface area contributed by atoms with Crippen molar-refractivity contribution in [2.45, 2.75) is 19.4 Å². The van der Waals surface area contributed by atoms with Gasteiger partial charge < -0.3 is 20.4 Å². The van der Waals surface area contributed by atoms with Gasteiger partial charge >= 0.3 is 0 Å². The fraction of sp³-hybridized carbons (Fsp3) is 0.250. The Balaban J connectivity index is 1.65. The molecule has 0 unspecified atom stereocenters. The van der Waals surface area contributed by atoms with Crippen molar-refractivity contribution in [1.82, 2.24) is 14.9 Å². The molecule has 0 spiro atoms. The maximum absolute atomic E-state index is 12.7. The van der Waals surface area contributed by atoms with Crippen molar-refractivity contribution in [3.8, 4) is 5.75 Å². The molecule has 2 heterocycles. The van der Waals surface area contributed by atoms with E-state index < -0.39 is 0 Å². The molecule has 3 aromatic rings. The lowest BCUT2D eigenvalue weighted by atomic mass is 10.2. The van der Waals surface area contributed by atoms with Gasteiger partial charge in [0.15, 0.2) is 16.6 Å². The number of pyridine rings is 1. The molecule has 7 nitrogen and oxygen atoms in total. The highest BCUT2D eigenvalue weighted by Gasteiger charge is 2.18. The zero-order valence-electron chi connectivity index (χ0n) is 15.6. The van der Waals surface area contributed by atoms with Gasteiger partial charge in [0.1, 0.15) is 6.61 Å². The minimum atomic E-state index is -0.346. The first-order valence-corrected chi connectivity index (χ1v) is 9.77. The second-order valence-electron chi connectivity index (χ2n) is 6.28. The zero-order valence-corrected chi connectivity index (χ0v) is 16.4. The van der Waals surface area contributed by atoms with Crippen LogP contribution in [0.5, 0.6) is 5.75 Å². The van der Waals surface area contributed by atoms with Crippen LogP contribution in [-0.2, 0) is 20.1 Å². The van der Waals surface area contributed by atoms with E-state index in [1.807, 2.05) is 35.7 Å². The van der Waals surface area contributed by atoms with Gasteiger partial charge in [-0.15, -0.1) is 11.3 Å². The number of hydrogen-bond acceptors (Lipinski definition) is 6. The summed E-state index contributed by atoms with van der Waals surface area (Å²) < 4.78 is 7.31. The molecule has 3 rings (SSSR count). The molecule has 0 bridgehead atoms. The molecule has 0 saturated carbocycles. The van der Waals surface area contributed by atoms with Crippen molar-refractivity contribution in [3.63, 3.8) is 0 Å². The first kappa shape index (κ1) is 19.6. The molecular formula is C20H22N4O3S. The lowest BCUT2D eigenvalue weighted by molar-refractivity contribution is 0.0938. The molecule has 8 heteroatoms. The van der Waals surface area contributed by atoms with Crippen LogP contribution in [0.4, 0.5) is 5.13 Å². The number of anilines is 1. The maximum Gasteiger partial charge on any atom is 0.271 e. The number of hydrogen-bond donors (Lipinski definition) is 2. The van der Waals surface area contributed by atoms with Crippen molar-refractivity contribution < 1.29 is 9.53 Å². The standard InChI is InChI=1S/C20H22N4O3S/c1-24-11-9-16(25)18(27-12-14-6-3-2-4-7-14)17(24)19(26)22-10-5-8-15-13-28-20(21)23-15/h2-4,6-7,9,11,13H,5,8,10,12H2,1H3,(H2,21,23)(H,22,26). The number of nitrogens with one attached hydrogen (secondary N) is 1.